The third-order valence-corrected chi connectivity index (χ3v) is 3.16. The normalized spacial score (nSPS) is 30.6. The zero-order valence-electron chi connectivity index (χ0n) is 10.2. The number of Topliss-reactive ketones (excluding diaryl/α,β-unsaturated/α-hetero) is 1. The number of rotatable bonds is 3. The van der Waals surface area contributed by atoms with Crippen LogP contribution in [0, 0.1) is 5.41 Å². The number of hydrogen-bond acceptors (Lipinski definition) is 3. The number of nitrogens with one attached hydrogen (secondary N) is 1. The van der Waals surface area contributed by atoms with E-state index >= 15 is 0 Å². The van der Waals surface area contributed by atoms with Crippen molar-refractivity contribution < 1.29 is 18.3 Å². The molecule has 1 saturated heterocycles. The Hall–Kier alpha value is -0.260. The molecule has 0 aliphatic carbocycles. The van der Waals surface area contributed by atoms with E-state index < -0.39 is 29.5 Å². The molecule has 1 heterocycles. The smallest absolute Gasteiger partial charge is 0.318 e. The zero-order chi connectivity index (χ0) is 13.2. The van der Waals surface area contributed by atoms with Gasteiger partial charge < -0.3 is 10.1 Å². The van der Waals surface area contributed by atoms with Crippen LogP contribution >= 0.6 is 11.6 Å². The van der Waals surface area contributed by atoms with Crippen molar-refractivity contribution in [2.75, 3.05) is 6.54 Å². The van der Waals surface area contributed by atoms with Crippen LogP contribution in [0.4, 0.5) is 8.78 Å². The van der Waals surface area contributed by atoms with Crippen molar-refractivity contribution in [2.24, 2.45) is 5.41 Å². The van der Waals surface area contributed by atoms with Gasteiger partial charge in [-0.25, -0.2) is 0 Å². The molecular formula is C11H18ClF2NO2. The highest BCUT2D eigenvalue weighted by Gasteiger charge is 2.39. The van der Waals surface area contributed by atoms with E-state index in [-0.39, 0.29) is 18.7 Å². The summed E-state index contributed by atoms with van der Waals surface area (Å²) in [5, 5.41) is 2.38. The number of alkyl halides is 3. The SMILES string of the molecule is CC(C)(C)C(=O)C1NCC(OC(F)F)CC1Cl. The summed E-state index contributed by atoms with van der Waals surface area (Å²) in [6, 6.07) is -0.491. The number of carbonyl (C=O) groups excluding carboxylic acids is 1. The lowest BCUT2D eigenvalue weighted by molar-refractivity contribution is -0.167. The molecule has 0 radical (unpaired) electrons. The Morgan fingerprint density at radius 1 is 1.47 bits per heavy atom. The minimum Gasteiger partial charge on any atom is -0.318 e. The summed E-state index contributed by atoms with van der Waals surface area (Å²) in [7, 11) is 0. The number of ether oxygens (including phenoxy) is 1. The van der Waals surface area contributed by atoms with Gasteiger partial charge in [0.05, 0.1) is 17.5 Å². The molecule has 0 aromatic heterocycles. The molecule has 0 aromatic carbocycles. The summed E-state index contributed by atoms with van der Waals surface area (Å²) >= 11 is 6.05. The standard InChI is InChI=1S/C11H18ClF2NO2/c1-11(2,3)9(16)8-7(12)4-6(5-15-8)17-10(13)14/h6-8,10,15H,4-5H2,1-3H3. The summed E-state index contributed by atoms with van der Waals surface area (Å²) in [5.74, 6) is -0.00648. The molecule has 0 spiro atoms. The number of carbonyl (C=O) groups is 1. The van der Waals surface area contributed by atoms with Crippen molar-refractivity contribution in [3.8, 4) is 0 Å². The van der Waals surface area contributed by atoms with E-state index in [1.807, 2.05) is 20.8 Å². The molecule has 6 heteroatoms. The van der Waals surface area contributed by atoms with Crippen LogP contribution in [0.1, 0.15) is 27.2 Å². The van der Waals surface area contributed by atoms with E-state index in [0.717, 1.165) is 0 Å². The lowest BCUT2D eigenvalue weighted by atomic mass is 9.83. The predicted octanol–water partition coefficient (Wildman–Crippen LogP) is 2.18. The quantitative estimate of drug-likeness (QED) is 0.798. The number of ketones is 1. The van der Waals surface area contributed by atoms with Crippen LogP contribution < -0.4 is 5.32 Å². The highest BCUT2D eigenvalue weighted by Crippen LogP contribution is 2.26. The zero-order valence-corrected chi connectivity index (χ0v) is 10.9. The van der Waals surface area contributed by atoms with Gasteiger partial charge in [0, 0.05) is 12.0 Å². The Kier molecular flexibility index (Phi) is 4.86. The van der Waals surface area contributed by atoms with E-state index in [9.17, 15) is 13.6 Å². The topological polar surface area (TPSA) is 38.3 Å². The Morgan fingerprint density at radius 2 is 2.06 bits per heavy atom. The van der Waals surface area contributed by atoms with Gasteiger partial charge in [-0.2, -0.15) is 8.78 Å². The van der Waals surface area contributed by atoms with Gasteiger partial charge in [0.1, 0.15) is 0 Å². The predicted molar refractivity (Wildman–Crippen MR) is 61.4 cm³/mol. The van der Waals surface area contributed by atoms with Gasteiger partial charge in [-0.3, -0.25) is 4.79 Å². The summed E-state index contributed by atoms with van der Waals surface area (Å²) in [6.07, 6.45) is -0.382. The Labute approximate surface area is 105 Å². The Bertz CT molecular complexity index is 281. The van der Waals surface area contributed by atoms with Crippen LogP contribution in [0.3, 0.4) is 0 Å². The lowest BCUT2D eigenvalue weighted by Crippen LogP contribution is -2.56. The van der Waals surface area contributed by atoms with Gasteiger partial charge in [0.15, 0.2) is 5.78 Å². The molecule has 1 N–H and O–H groups in total. The number of piperidine rings is 1. The first-order chi connectivity index (χ1) is 7.71. The van der Waals surface area contributed by atoms with Gasteiger partial charge in [0.2, 0.25) is 0 Å². The molecule has 1 fully saturated rings. The van der Waals surface area contributed by atoms with Crippen LogP contribution in [0.15, 0.2) is 0 Å². The fourth-order valence-corrected chi connectivity index (χ4v) is 2.23. The van der Waals surface area contributed by atoms with Gasteiger partial charge in [-0.1, -0.05) is 20.8 Å². The third-order valence-electron chi connectivity index (χ3n) is 2.73. The van der Waals surface area contributed by atoms with Gasteiger partial charge in [-0.05, 0) is 6.42 Å². The van der Waals surface area contributed by atoms with E-state index in [1.54, 1.807) is 0 Å². The minimum absolute atomic E-state index is 0.00648. The van der Waals surface area contributed by atoms with Crippen molar-refractivity contribution in [1.82, 2.24) is 5.32 Å². The first-order valence-corrected chi connectivity index (χ1v) is 6.01. The average Bonchev–Trinajstić information content (AvgIpc) is 2.14. The fraction of sp³-hybridized carbons (Fsp3) is 0.909. The molecule has 3 unspecified atom stereocenters. The molecule has 3 atom stereocenters. The maximum absolute atomic E-state index is 12.0. The summed E-state index contributed by atoms with van der Waals surface area (Å²) < 4.78 is 28.4. The monoisotopic (exact) mass is 269 g/mol. The summed E-state index contributed by atoms with van der Waals surface area (Å²) in [6.45, 7) is 2.84. The van der Waals surface area contributed by atoms with Crippen molar-refractivity contribution in [2.45, 2.75) is 51.3 Å². The van der Waals surface area contributed by atoms with Crippen molar-refractivity contribution in [1.29, 1.82) is 0 Å². The van der Waals surface area contributed by atoms with Crippen LogP contribution in [0.25, 0.3) is 0 Å². The third kappa shape index (κ3) is 4.16. The first kappa shape index (κ1) is 14.8. The van der Waals surface area contributed by atoms with Crippen LogP contribution in [0.5, 0.6) is 0 Å². The molecule has 1 aliphatic rings. The van der Waals surface area contributed by atoms with Crippen molar-refractivity contribution in [3.63, 3.8) is 0 Å². The second kappa shape index (κ2) is 5.59. The Balaban J connectivity index is 2.56. The van der Waals surface area contributed by atoms with Gasteiger partial charge in [-0.15, -0.1) is 11.6 Å². The van der Waals surface area contributed by atoms with Crippen LogP contribution in [-0.2, 0) is 9.53 Å². The maximum atomic E-state index is 12.0. The highest BCUT2D eigenvalue weighted by molar-refractivity contribution is 6.23. The average molecular weight is 270 g/mol. The Morgan fingerprint density at radius 3 is 2.47 bits per heavy atom. The molecule has 100 valence electrons. The molecule has 0 saturated carbocycles. The summed E-state index contributed by atoms with van der Waals surface area (Å²) in [5.41, 5.74) is -0.499. The molecule has 1 rings (SSSR count). The van der Waals surface area contributed by atoms with Crippen LogP contribution in [0.2, 0.25) is 0 Å². The van der Waals surface area contributed by atoms with E-state index in [2.05, 4.69) is 10.1 Å². The number of halogens is 3. The lowest BCUT2D eigenvalue weighted by Gasteiger charge is -2.35. The molecule has 0 bridgehead atoms. The molecule has 1 aliphatic heterocycles. The molecule has 3 nitrogen and oxygen atoms in total. The van der Waals surface area contributed by atoms with Gasteiger partial charge in [0.25, 0.3) is 0 Å². The highest BCUT2D eigenvalue weighted by atomic mass is 35.5. The molecule has 0 aromatic rings. The van der Waals surface area contributed by atoms with E-state index in [4.69, 9.17) is 11.6 Å². The molecular weight excluding hydrogens is 252 g/mol. The molecule has 17 heavy (non-hydrogen) atoms. The fourth-order valence-electron chi connectivity index (χ4n) is 1.83. The first-order valence-electron chi connectivity index (χ1n) is 5.57. The van der Waals surface area contributed by atoms with E-state index in [1.165, 1.54) is 0 Å². The second-order valence-corrected chi connectivity index (χ2v) is 5.83. The van der Waals surface area contributed by atoms with Crippen molar-refractivity contribution >= 4 is 17.4 Å². The van der Waals surface area contributed by atoms with E-state index in [0.29, 0.717) is 0 Å². The number of hydrogen-bond donors (Lipinski definition) is 1. The summed E-state index contributed by atoms with van der Waals surface area (Å²) in [4.78, 5) is 12.0. The largest absolute Gasteiger partial charge is 0.345 e. The maximum Gasteiger partial charge on any atom is 0.345 e. The van der Waals surface area contributed by atoms with Crippen molar-refractivity contribution in [3.05, 3.63) is 0 Å². The minimum atomic E-state index is -2.81. The van der Waals surface area contributed by atoms with Gasteiger partial charge >= 0.3 is 6.61 Å². The molecule has 0 amide bonds. The second-order valence-electron chi connectivity index (χ2n) is 5.27. The van der Waals surface area contributed by atoms with Crippen LogP contribution in [-0.4, -0.2) is 36.5 Å².